The molecule has 0 atom stereocenters. The van der Waals surface area contributed by atoms with E-state index in [0.29, 0.717) is 17.6 Å². The van der Waals surface area contributed by atoms with Crippen LogP contribution in [0.25, 0.3) is 116 Å². The highest BCUT2D eigenvalue weighted by molar-refractivity contribution is 6.20. The molecule has 6 heteroatoms. The predicted molar refractivity (Wildman–Crippen MR) is 223 cm³/mol. The second kappa shape index (κ2) is 11.5. The molecule has 0 saturated carbocycles. The summed E-state index contributed by atoms with van der Waals surface area (Å²) < 4.78 is 14.9. The van der Waals surface area contributed by atoms with E-state index in [2.05, 4.69) is 102 Å². The zero-order chi connectivity index (χ0) is 36.0. The lowest BCUT2D eigenvalue weighted by molar-refractivity contribution is 0.668. The van der Waals surface area contributed by atoms with Crippen molar-refractivity contribution in [3.05, 3.63) is 170 Å². The number of fused-ring (bicyclic) bond motifs is 10. The van der Waals surface area contributed by atoms with Crippen molar-refractivity contribution in [1.29, 1.82) is 0 Å². The molecule has 55 heavy (non-hydrogen) atoms. The van der Waals surface area contributed by atoms with Crippen LogP contribution in [0.15, 0.2) is 179 Å². The van der Waals surface area contributed by atoms with Crippen LogP contribution in [0.1, 0.15) is 0 Å². The number of hydrogen-bond donors (Lipinski definition) is 0. The van der Waals surface area contributed by atoms with Gasteiger partial charge in [0.2, 0.25) is 5.95 Å². The summed E-state index contributed by atoms with van der Waals surface area (Å²) in [4.78, 5) is 15.7. The third-order valence-corrected chi connectivity index (χ3v) is 10.8. The number of hydrogen-bond acceptors (Lipinski definition) is 5. The number of furan rings is 2. The van der Waals surface area contributed by atoms with Gasteiger partial charge >= 0.3 is 0 Å². The quantitative estimate of drug-likeness (QED) is 0.182. The van der Waals surface area contributed by atoms with Crippen molar-refractivity contribution in [3.8, 4) is 39.9 Å². The van der Waals surface area contributed by atoms with Gasteiger partial charge in [-0.3, -0.25) is 4.57 Å². The van der Waals surface area contributed by atoms with E-state index >= 15 is 0 Å². The Hall–Kier alpha value is -7.57. The van der Waals surface area contributed by atoms with E-state index in [1.54, 1.807) is 0 Å². The molecule has 6 nitrogen and oxygen atoms in total. The Morgan fingerprint density at radius 3 is 1.85 bits per heavy atom. The molecule has 12 rings (SSSR count). The van der Waals surface area contributed by atoms with Crippen molar-refractivity contribution in [2.24, 2.45) is 0 Å². The van der Waals surface area contributed by atoms with E-state index in [1.807, 2.05) is 72.8 Å². The predicted octanol–water partition coefficient (Wildman–Crippen LogP) is 12.9. The minimum absolute atomic E-state index is 0.528. The first-order valence-corrected chi connectivity index (χ1v) is 18.4. The number of para-hydroxylation sites is 3. The summed E-state index contributed by atoms with van der Waals surface area (Å²) in [6.07, 6.45) is 0. The highest BCUT2D eigenvalue weighted by atomic mass is 16.3. The summed E-state index contributed by atoms with van der Waals surface area (Å²) in [7, 11) is 0. The van der Waals surface area contributed by atoms with Gasteiger partial charge in [-0.15, -0.1) is 0 Å². The Labute approximate surface area is 313 Å². The largest absolute Gasteiger partial charge is 0.456 e. The molecular weight excluding hydrogens is 677 g/mol. The van der Waals surface area contributed by atoms with Gasteiger partial charge in [0, 0.05) is 49.0 Å². The average molecular weight is 705 g/mol. The molecule has 0 amide bonds. The van der Waals surface area contributed by atoms with Crippen molar-refractivity contribution in [2.45, 2.75) is 0 Å². The van der Waals surface area contributed by atoms with E-state index in [9.17, 15) is 0 Å². The molecule has 0 spiro atoms. The van der Waals surface area contributed by atoms with Crippen molar-refractivity contribution < 1.29 is 8.83 Å². The van der Waals surface area contributed by atoms with Crippen LogP contribution in [0.2, 0.25) is 0 Å². The van der Waals surface area contributed by atoms with Crippen molar-refractivity contribution in [3.63, 3.8) is 0 Å². The maximum absolute atomic E-state index is 6.38. The van der Waals surface area contributed by atoms with Gasteiger partial charge in [-0.05, 0) is 58.8 Å². The molecule has 0 aliphatic carbocycles. The maximum atomic E-state index is 6.38. The smallest absolute Gasteiger partial charge is 0.238 e. The van der Waals surface area contributed by atoms with E-state index in [-0.39, 0.29) is 0 Å². The van der Waals surface area contributed by atoms with Crippen molar-refractivity contribution in [1.82, 2.24) is 19.5 Å². The fraction of sp³-hybridized carbons (Fsp3) is 0. The van der Waals surface area contributed by atoms with Gasteiger partial charge in [0.25, 0.3) is 0 Å². The van der Waals surface area contributed by atoms with Crippen molar-refractivity contribution >= 4 is 76.5 Å². The Morgan fingerprint density at radius 2 is 1.00 bits per heavy atom. The molecule has 256 valence electrons. The summed E-state index contributed by atoms with van der Waals surface area (Å²) in [5.41, 5.74) is 9.24. The molecule has 0 saturated heterocycles. The van der Waals surface area contributed by atoms with Crippen LogP contribution in [-0.4, -0.2) is 19.5 Å². The number of nitrogens with zero attached hydrogens (tertiary/aromatic N) is 4. The van der Waals surface area contributed by atoms with Crippen LogP contribution in [0.4, 0.5) is 0 Å². The minimum atomic E-state index is 0.528. The Morgan fingerprint density at radius 1 is 0.382 bits per heavy atom. The first kappa shape index (κ1) is 29.9. The van der Waals surface area contributed by atoms with E-state index < -0.39 is 0 Å². The number of rotatable bonds is 4. The SMILES string of the molecule is c1ccc(-c2nc(-c3ccc4c(c3)oc3ccccc34)nc(-n3c4cc5ccccc5cc4c4cccc(-c5cccc6oc7ccccc7c56)c43)n2)cc1. The van der Waals surface area contributed by atoms with Gasteiger partial charge in [0.1, 0.15) is 22.3 Å². The number of benzene rings is 8. The molecule has 4 aromatic heterocycles. The molecule has 0 radical (unpaired) electrons. The van der Waals surface area contributed by atoms with Crippen LogP contribution >= 0.6 is 0 Å². The zero-order valence-electron chi connectivity index (χ0n) is 29.3. The van der Waals surface area contributed by atoms with E-state index in [0.717, 1.165) is 93.3 Å². The molecular formula is C49H28N4O2. The molecule has 0 aliphatic heterocycles. The molecule has 0 fully saturated rings. The topological polar surface area (TPSA) is 69.9 Å². The highest BCUT2D eigenvalue weighted by Crippen LogP contribution is 2.43. The monoisotopic (exact) mass is 704 g/mol. The summed E-state index contributed by atoms with van der Waals surface area (Å²) in [5, 5.41) is 8.81. The van der Waals surface area contributed by atoms with Gasteiger partial charge in [-0.1, -0.05) is 127 Å². The fourth-order valence-electron chi connectivity index (χ4n) is 8.35. The average Bonchev–Trinajstić information content (AvgIpc) is 3.92. The van der Waals surface area contributed by atoms with Gasteiger partial charge in [0.05, 0.1) is 11.0 Å². The Balaban J connectivity index is 1.20. The van der Waals surface area contributed by atoms with E-state index in [1.165, 1.54) is 5.39 Å². The van der Waals surface area contributed by atoms with Gasteiger partial charge in [0.15, 0.2) is 11.6 Å². The lowest BCUT2D eigenvalue weighted by Gasteiger charge is -2.13. The Bertz CT molecular complexity index is 3500. The second-order valence-corrected chi connectivity index (χ2v) is 14.0. The summed E-state index contributed by atoms with van der Waals surface area (Å²) >= 11 is 0. The first-order chi connectivity index (χ1) is 27.2. The summed E-state index contributed by atoms with van der Waals surface area (Å²) in [5.74, 6) is 1.67. The van der Waals surface area contributed by atoms with Crippen LogP contribution in [0, 0.1) is 0 Å². The molecule has 0 aliphatic rings. The third-order valence-electron chi connectivity index (χ3n) is 10.8. The maximum Gasteiger partial charge on any atom is 0.238 e. The lowest BCUT2D eigenvalue weighted by atomic mass is 9.97. The third kappa shape index (κ3) is 4.52. The normalized spacial score (nSPS) is 12.0. The molecule has 0 N–H and O–H groups in total. The van der Waals surface area contributed by atoms with Crippen LogP contribution in [-0.2, 0) is 0 Å². The van der Waals surface area contributed by atoms with Crippen LogP contribution < -0.4 is 0 Å². The standard InChI is InChI=1S/C49H28N4O2/c1-2-12-29(13-3-1)47-50-48(32-24-25-34-33-16-6-8-21-41(33)55-44(34)28-32)52-49(51-47)53-40-27-31-15-5-4-14-30(31)26-39(40)37-20-10-19-36(46(37)53)35-18-11-23-43-45(35)38-17-7-9-22-42(38)54-43/h1-28H. The molecule has 8 aromatic carbocycles. The molecule has 4 heterocycles. The minimum Gasteiger partial charge on any atom is -0.456 e. The van der Waals surface area contributed by atoms with Gasteiger partial charge < -0.3 is 8.83 Å². The number of aromatic nitrogens is 4. The fourth-order valence-corrected chi connectivity index (χ4v) is 8.35. The summed E-state index contributed by atoms with van der Waals surface area (Å²) in [6, 6.07) is 58.6. The van der Waals surface area contributed by atoms with E-state index in [4.69, 9.17) is 23.8 Å². The zero-order valence-corrected chi connectivity index (χ0v) is 29.3. The first-order valence-electron chi connectivity index (χ1n) is 18.4. The van der Waals surface area contributed by atoms with Gasteiger partial charge in [-0.25, -0.2) is 4.98 Å². The summed E-state index contributed by atoms with van der Waals surface area (Å²) in [6.45, 7) is 0. The van der Waals surface area contributed by atoms with Crippen LogP contribution in [0.3, 0.4) is 0 Å². The lowest BCUT2D eigenvalue weighted by Crippen LogP contribution is -2.07. The molecule has 0 bridgehead atoms. The molecule has 12 aromatic rings. The Kier molecular flexibility index (Phi) is 6.24. The highest BCUT2D eigenvalue weighted by Gasteiger charge is 2.23. The second-order valence-electron chi connectivity index (χ2n) is 14.0. The van der Waals surface area contributed by atoms with Gasteiger partial charge in [-0.2, -0.15) is 9.97 Å². The van der Waals surface area contributed by atoms with Crippen LogP contribution in [0.5, 0.6) is 0 Å². The van der Waals surface area contributed by atoms with Crippen molar-refractivity contribution in [2.75, 3.05) is 0 Å². The molecule has 0 unspecified atom stereocenters.